The van der Waals surface area contributed by atoms with Crippen molar-refractivity contribution in [1.82, 2.24) is 19.8 Å². The van der Waals surface area contributed by atoms with Gasteiger partial charge in [0.15, 0.2) is 6.10 Å². The maximum atomic E-state index is 12.6. The number of alkyl carbamates (subject to hydrolysis) is 1. The molecule has 3 rings (SSSR count). The van der Waals surface area contributed by atoms with Crippen molar-refractivity contribution in [3.8, 4) is 5.75 Å². The molecule has 0 bridgehead atoms. The largest absolute Gasteiger partial charge is 0.490 e. The second-order valence-corrected chi connectivity index (χ2v) is 13.8. The summed E-state index contributed by atoms with van der Waals surface area (Å²) in [5.74, 6) is -0.234. The van der Waals surface area contributed by atoms with Gasteiger partial charge in [-0.3, -0.25) is 15.5 Å². The number of hydrogen-bond acceptors (Lipinski definition) is 10. The van der Waals surface area contributed by atoms with E-state index in [0.29, 0.717) is 56.6 Å². The van der Waals surface area contributed by atoms with E-state index in [-0.39, 0.29) is 30.8 Å². The van der Waals surface area contributed by atoms with Gasteiger partial charge < -0.3 is 28.7 Å². The highest BCUT2D eigenvalue weighted by Gasteiger charge is 2.38. The van der Waals surface area contributed by atoms with Gasteiger partial charge in [-0.05, 0) is 64.2 Å². The molecule has 2 heterocycles. The number of methoxy groups -OCH3 is 1. The van der Waals surface area contributed by atoms with Gasteiger partial charge in [-0.25, -0.2) is 22.7 Å². The Kier molecular flexibility index (Phi) is 12.2. The highest BCUT2D eigenvalue weighted by molar-refractivity contribution is 7.89. The molecular formula is C29H45N5O9S. The number of benzene rings is 1. The van der Waals surface area contributed by atoms with Gasteiger partial charge in [0, 0.05) is 19.1 Å². The summed E-state index contributed by atoms with van der Waals surface area (Å²) < 4.78 is 48.5. The van der Waals surface area contributed by atoms with Crippen LogP contribution in [0.1, 0.15) is 58.9 Å². The predicted molar refractivity (Wildman–Crippen MR) is 162 cm³/mol. The lowest BCUT2D eigenvalue weighted by Crippen LogP contribution is -2.51. The van der Waals surface area contributed by atoms with Gasteiger partial charge in [-0.15, -0.1) is 0 Å². The van der Waals surface area contributed by atoms with Gasteiger partial charge >= 0.3 is 18.2 Å². The van der Waals surface area contributed by atoms with Crippen LogP contribution in [0, 0.1) is 5.41 Å². The molecule has 2 fully saturated rings. The quantitative estimate of drug-likeness (QED) is 0.133. The Bertz CT molecular complexity index is 1260. The fourth-order valence-electron chi connectivity index (χ4n) is 4.88. The average molecular weight is 640 g/mol. The number of piperidine rings is 1. The first-order chi connectivity index (χ1) is 20.7. The molecule has 2 amide bonds. The number of carbonyl (C=O) groups is 3. The SMILES string of the molecule is CCCCS(=O)(=O)NC(Cc1ccc(OCC2CN(C3CCN(C(=N)NC(=O)OC(C)(C)C)CC3)C(=O)O2)cc1)C(=O)OC. The van der Waals surface area contributed by atoms with Crippen LogP contribution >= 0.6 is 0 Å². The Hall–Kier alpha value is -3.59. The first-order valence-corrected chi connectivity index (χ1v) is 16.4. The van der Waals surface area contributed by atoms with Gasteiger partial charge in [0.2, 0.25) is 16.0 Å². The molecule has 0 spiro atoms. The Morgan fingerprint density at radius 1 is 1.16 bits per heavy atom. The number of likely N-dealkylation sites (tertiary alicyclic amines) is 1. The number of amides is 2. The number of sulfonamides is 1. The highest BCUT2D eigenvalue weighted by Crippen LogP contribution is 2.24. The van der Waals surface area contributed by atoms with Crippen LogP contribution in [-0.2, 0) is 35.4 Å². The first kappa shape index (κ1) is 34.9. The Balaban J connectivity index is 1.45. The number of cyclic esters (lactones) is 1. The minimum Gasteiger partial charge on any atom is -0.490 e. The molecule has 0 aliphatic carbocycles. The van der Waals surface area contributed by atoms with Crippen molar-refractivity contribution in [2.24, 2.45) is 0 Å². The summed E-state index contributed by atoms with van der Waals surface area (Å²) in [4.78, 5) is 40.2. The Morgan fingerprint density at radius 2 is 1.82 bits per heavy atom. The van der Waals surface area contributed by atoms with E-state index in [1.165, 1.54) is 7.11 Å². The van der Waals surface area contributed by atoms with Crippen LogP contribution in [0.25, 0.3) is 0 Å². The van der Waals surface area contributed by atoms with Crippen molar-refractivity contribution in [3.05, 3.63) is 29.8 Å². The molecule has 14 nitrogen and oxygen atoms in total. The minimum atomic E-state index is -3.63. The molecule has 1 aromatic rings. The number of hydrogen-bond donors (Lipinski definition) is 3. The summed E-state index contributed by atoms with van der Waals surface area (Å²) in [5, 5.41) is 10.6. The third-order valence-corrected chi connectivity index (χ3v) is 8.59. The zero-order chi connectivity index (χ0) is 32.5. The number of unbranched alkanes of at least 4 members (excludes halogenated alkanes) is 1. The van der Waals surface area contributed by atoms with Crippen LogP contribution in [0.4, 0.5) is 9.59 Å². The number of ether oxygens (including phenoxy) is 4. The van der Waals surface area contributed by atoms with Crippen molar-refractivity contribution in [2.45, 2.75) is 83.6 Å². The van der Waals surface area contributed by atoms with Gasteiger partial charge in [0.05, 0.1) is 19.4 Å². The van der Waals surface area contributed by atoms with Crippen LogP contribution in [0.2, 0.25) is 0 Å². The number of nitrogens with zero attached hydrogens (tertiary/aromatic N) is 2. The molecule has 44 heavy (non-hydrogen) atoms. The van der Waals surface area contributed by atoms with Crippen molar-refractivity contribution in [3.63, 3.8) is 0 Å². The van der Waals surface area contributed by atoms with Crippen molar-refractivity contribution >= 4 is 34.1 Å². The number of guanidine groups is 1. The fraction of sp³-hybridized carbons (Fsp3) is 0.655. The van der Waals surface area contributed by atoms with Gasteiger partial charge in [-0.1, -0.05) is 25.5 Å². The molecule has 0 radical (unpaired) electrons. The second kappa shape index (κ2) is 15.4. The molecule has 1 aromatic carbocycles. The minimum absolute atomic E-state index is 0.0342. The van der Waals surface area contributed by atoms with E-state index in [0.717, 1.165) is 0 Å². The van der Waals surface area contributed by atoms with Crippen LogP contribution in [-0.4, -0.2) is 105 Å². The molecule has 0 saturated carbocycles. The van der Waals surface area contributed by atoms with E-state index >= 15 is 0 Å². The zero-order valence-electron chi connectivity index (χ0n) is 26.1. The standard InChI is InChI=1S/C29H45N5O9S/c1-6-7-16-44(38,39)32-24(25(35)40-5)17-20-8-10-22(11-9-20)41-19-23-18-34(28(37)42-23)21-12-14-33(15-13-21)26(30)31-27(36)43-29(2,3)4/h8-11,21,23-24,32H,6-7,12-19H2,1-5H3,(H2,30,31,36). The van der Waals surface area contributed by atoms with Crippen LogP contribution < -0.4 is 14.8 Å². The van der Waals surface area contributed by atoms with Crippen LogP contribution in [0.3, 0.4) is 0 Å². The van der Waals surface area contributed by atoms with E-state index in [4.69, 9.17) is 24.4 Å². The molecule has 3 N–H and O–H groups in total. The highest BCUT2D eigenvalue weighted by atomic mass is 32.2. The lowest BCUT2D eigenvalue weighted by atomic mass is 10.0. The molecule has 246 valence electrons. The monoisotopic (exact) mass is 639 g/mol. The van der Waals surface area contributed by atoms with Gasteiger partial charge in [0.1, 0.15) is 24.0 Å². The van der Waals surface area contributed by atoms with Gasteiger partial charge in [-0.2, -0.15) is 0 Å². The van der Waals surface area contributed by atoms with Crippen LogP contribution in [0.5, 0.6) is 5.75 Å². The third-order valence-electron chi connectivity index (χ3n) is 7.12. The zero-order valence-corrected chi connectivity index (χ0v) is 26.9. The molecule has 2 atom stereocenters. The van der Waals surface area contributed by atoms with E-state index in [1.807, 2.05) is 6.92 Å². The van der Waals surface area contributed by atoms with Crippen molar-refractivity contribution < 1.29 is 41.7 Å². The average Bonchev–Trinajstić information content (AvgIpc) is 3.34. The summed E-state index contributed by atoms with van der Waals surface area (Å²) in [5.41, 5.74) is 0.0512. The predicted octanol–water partition coefficient (Wildman–Crippen LogP) is 2.61. The van der Waals surface area contributed by atoms with E-state index in [2.05, 4.69) is 10.0 Å². The Morgan fingerprint density at radius 3 is 2.41 bits per heavy atom. The molecule has 2 unspecified atom stereocenters. The van der Waals surface area contributed by atoms with Gasteiger partial charge in [0.25, 0.3) is 0 Å². The topological polar surface area (TPSA) is 177 Å². The number of carbonyl (C=O) groups excluding carboxylic acids is 3. The summed E-state index contributed by atoms with van der Waals surface area (Å²) in [6.45, 7) is 8.64. The van der Waals surface area contributed by atoms with E-state index in [1.54, 1.807) is 54.8 Å². The smallest absolute Gasteiger partial charge is 0.414 e. The van der Waals surface area contributed by atoms with Crippen molar-refractivity contribution in [1.29, 1.82) is 5.41 Å². The first-order valence-electron chi connectivity index (χ1n) is 14.8. The van der Waals surface area contributed by atoms with Crippen molar-refractivity contribution in [2.75, 3.05) is 39.1 Å². The number of esters is 1. The summed E-state index contributed by atoms with van der Waals surface area (Å²) in [6.07, 6.45) is 0.991. The molecule has 2 aliphatic rings. The number of rotatable bonds is 12. The van der Waals surface area contributed by atoms with E-state index in [9.17, 15) is 22.8 Å². The molecule has 2 aliphatic heterocycles. The number of nitrogens with one attached hydrogen (secondary N) is 3. The molecule has 15 heteroatoms. The lowest BCUT2D eigenvalue weighted by molar-refractivity contribution is -0.142. The van der Waals surface area contributed by atoms with Crippen LogP contribution in [0.15, 0.2) is 24.3 Å². The maximum absolute atomic E-state index is 12.6. The summed E-state index contributed by atoms with van der Waals surface area (Å²) in [7, 11) is -2.42. The molecular weight excluding hydrogens is 594 g/mol. The lowest BCUT2D eigenvalue weighted by Gasteiger charge is -2.36. The maximum Gasteiger partial charge on any atom is 0.414 e. The molecule has 0 aromatic heterocycles. The fourth-order valence-corrected chi connectivity index (χ4v) is 6.28. The molecule has 2 saturated heterocycles. The second-order valence-electron chi connectivity index (χ2n) is 11.9. The summed E-state index contributed by atoms with van der Waals surface area (Å²) in [6, 6.07) is 5.79. The normalized spacial score (nSPS) is 18.4. The summed E-state index contributed by atoms with van der Waals surface area (Å²) >= 11 is 0. The Labute approximate surface area is 259 Å². The third kappa shape index (κ3) is 10.8. The van der Waals surface area contributed by atoms with E-state index < -0.39 is 45.9 Å².